The van der Waals surface area contributed by atoms with E-state index in [-0.39, 0.29) is 0 Å². The van der Waals surface area contributed by atoms with E-state index < -0.39 is 0 Å². The summed E-state index contributed by atoms with van der Waals surface area (Å²) in [5.74, 6) is 1.74. The van der Waals surface area contributed by atoms with Crippen LogP contribution in [0.5, 0.6) is 0 Å². The molecule has 1 aromatic heterocycles. The van der Waals surface area contributed by atoms with Crippen LogP contribution in [-0.2, 0) is 11.3 Å². The van der Waals surface area contributed by atoms with Crippen molar-refractivity contribution in [2.75, 3.05) is 12.4 Å². The first kappa shape index (κ1) is 14.9. The Labute approximate surface area is 121 Å². The topological polar surface area (TPSA) is 27.1 Å². The van der Waals surface area contributed by atoms with Gasteiger partial charge in [-0.2, -0.15) is 0 Å². The number of rotatable bonds is 7. The van der Waals surface area contributed by atoms with Crippen molar-refractivity contribution in [3.8, 4) is 0 Å². The maximum atomic E-state index is 6.04. The van der Waals surface area contributed by atoms with Crippen LogP contribution in [0.1, 0.15) is 46.0 Å². The maximum Gasteiger partial charge on any atom is 0.168 e. The van der Waals surface area contributed by atoms with E-state index in [1.54, 1.807) is 0 Å². The van der Waals surface area contributed by atoms with Gasteiger partial charge in [-0.1, -0.05) is 38.5 Å². The van der Waals surface area contributed by atoms with E-state index in [2.05, 4.69) is 29.6 Å². The van der Waals surface area contributed by atoms with Crippen molar-refractivity contribution >= 4 is 11.8 Å². The van der Waals surface area contributed by atoms with Crippen molar-refractivity contribution in [2.24, 2.45) is 5.92 Å². The Morgan fingerprint density at radius 3 is 3.05 bits per heavy atom. The molecule has 0 N–H and O–H groups in total. The Kier molecular flexibility index (Phi) is 6.24. The van der Waals surface area contributed by atoms with Crippen LogP contribution in [0.4, 0.5) is 0 Å². The van der Waals surface area contributed by atoms with Crippen molar-refractivity contribution in [1.29, 1.82) is 0 Å². The van der Waals surface area contributed by atoms with Gasteiger partial charge in [-0.3, -0.25) is 0 Å². The van der Waals surface area contributed by atoms with Crippen LogP contribution in [0, 0.1) is 5.92 Å². The van der Waals surface area contributed by atoms with E-state index in [1.165, 1.54) is 25.7 Å². The highest BCUT2D eigenvalue weighted by atomic mass is 32.2. The van der Waals surface area contributed by atoms with Crippen molar-refractivity contribution in [3.05, 3.63) is 12.4 Å². The SMILES string of the molecule is CCCn1ccnc1SCCO[C@H]1CCCC[C@H]1C. The molecule has 4 heteroatoms. The van der Waals surface area contributed by atoms with Gasteiger partial charge >= 0.3 is 0 Å². The molecule has 0 amide bonds. The number of hydrogen-bond donors (Lipinski definition) is 0. The Hall–Kier alpha value is -0.480. The fourth-order valence-corrected chi connectivity index (χ4v) is 3.52. The quantitative estimate of drug-likeness (QED) is 0.559. The van der Waals surface area contributed by atoms with E-state index in [9.17, 15) is 0 Å². The van der Waals surface area contributed by atoms with Crippen LogP contribution in [0.25, 0.3) is 0 Å². The first-order valence-electron chi connectivity index (χ1n) is 7.56. The third-order valence-corrected chi connectivity index (χ3v) is 4.79. The lowest BCUT2D eigenvalue weighted by Crippen LogP contribution is -2.26. The van der Waals surface area contributed by atoms with Gasteiger partial charge in [-0.15, -0.1) is 0 Å². The number of thioether (sulfide) groups is 1. The lowest BCUT2D eigenvalue weighted by molar-refractivity contribution is 0.00345. The van der Waals surface area contributed by atoms with Crippen LogP contribution >= 0.6 is 11.8 Å². The summed E-state index contributed by atoms with van der Waals surface area (Å²) in [7, 11) is 0. The monoisotopic (exact) mass is 282 g/mol. The second kappa shape index (κ2) is 7.95. The third kappa shape index (κ3) is 4.53. The van der Waals surface area contributed by atoms with Gasteiger partial charge in [0.05, 0.1) is 12.7 Å². The van der Waals surface area contributed by atoms with E-state index in [1.807, 2.05) is 18.0 Å². The van der Waals surface area contributed by atoms with Crippen LogP contribution in [0.2, 0.25) is 0 Å². The lowest BCUT2D eigenvalue weighted by Gasteiger charge is -2.28. The van der Waals surface area contributed by atoms with Crippen molar-refractivity contribution in [2.45, 2.75) is 63.8 Å². The number of ether oxygens (including phenoxy) is 1. The molecule has 0 spiro atoms. The van der Waals surface area contributed by atoms with Crippen LogP contribution < -0.4 is 0 Å². The fraction of sp³-hybridized carbons (Fsp3) is 0.800. The molecule has 0 unspecified atom stereocenters. The molecule has 0 saturated heterocycles. The van der Waals surface area contributed by atoms with E-state index in [4.69, 9.17) is 4.74 Å². The zero-order valence-electron chi connectivity index (χ0n) is 12.2. The number of nitrogens with zero attached hydrogens (tertiary/aromatic N) is 2. The van der Waals surface area contributed by atoms with Gasteiger partial charge in [0.25, 0.3) is 0 Å². The summed E-state index contributed by atoms with van der Waals surface area (Å²) in [6, 6.07) is 0. The summed E-state index contributed by atoms with van der Waals surface area (Å²) in [5, 5.41) is 1.13. The summed E-state index contributed by atoms with van der Waals surface area (Å²) in [4.78, 5) is 4.40. The van der Waals surface area contributed by atoms with Gasteiger partial charge in [0.2, 0.25) is 0 Å². The standard InChI is InChI=1S/C15H26N2OS/c1-3-9-17-10-8-16-15(17)19-12-11-18-14-7-5-4-6-13(14)2/h8,10,13-14H,3-7,9,11-12H2,1-2H3/t13-,14+/m1/s1. The molecule has 1 aliphatic rings. The van der Waals surface area contributed by atoms with E-state index in [0.717, 1.165) is 36.4 Å². The third-order valence-electron chi connectivity index (χ3n) is 3.82. The van der Waals surface area contributed by atoms with Crippen LogP contribution in [0.3, 0.4) is 0 Å². The number of aromatic nitrogens is 2. The van der Waals surface area contributed by atoms with Crippen molar-refractivity contribution < 1.29 is 4.74 Å². The molecule has 1 saturated carbocycles. The highest BCUT2D eigenvalue weighted by Crippen LogP contribution is 2.26. The van der Waals surface area contributed by atoms with Crippen LogP contribution in [-0.4, -0.2) is 28.0 Å². The Bertz CT molecular complexity index is 367. The highest BCUT2D eigenvalue weighted by molar-refractivity contribution is 7.99. The second-order valence-corrected chi connectivity index (χ2v) is 6.48. The molecule has 3 nitrogen and oxygen atoms in total. The smallest absolute Gasteiger partial charge is 0.168 e. The predicted molar refractivity (Wildman–Crippen MR) is 80.6 cm³/mol. The van der Waals surface area contributed by atoms with Gasteiger partial charge in [-0.25, -0.2) is 4.98 Å². The molecule has 1 aromatic rings. The normalized spacial score (nSPS) is 23.7. The number of aryl methyl sites for hydroxylation is 1. The molecular weight excluding hydrogens is 256 g/mol. The van der Waals surface area contributed by atoms with Crippen molar-refractivity contribution in [1.82, 2.24) is 9.55 Å². The average molecular weight is 282 g/mol. The molecule has 1 aliphatic carbocycles. The summed E-state index contributed by atoms with van der Waals surface area (Å²) < 4.78 is 8.27. The largest absolute Gasteiger partial charge is 0.377 e. The molecule has 1 fully saturated rings. The fourth-order valence-electron chi connectivity index (χ4n) is 2.71. The Balaban J connectivity index is 1.67. The van der Waals surface area contributed by atoms with Gasteiger partial charge in [0.1, 0.15) is 0 Å². The molecule has 2 atom stereocenters. The minimum absolute atomic E-state index is 0.490. The van der Waals surface area contributed by atoms with Crippen LogP contribution in [0.15, 0.2) is 17.6 Å². The first-order chi connectivity index (χ1) is 9.31. The Morgan fingerprint density at radius 2 is 2.26 bits per heavy atom. The molecule has 108 valence electrons. The molecule has 2 rings (SSSR count). The van der Waals surface area contributed by atoms with Crippen molar-refractivity contribution in [3.63, 3.8) is 0 Å². The van der Waals surface area contributed by atoms with E-state index >= 15 is 0 Å². The zero-order valence-corrected chi connectivity index (χ0v) is 13.0. The molecule has 19 heavy (non-hydrogen) atoms. The maximum absolute atomic E-state index is 6.04. The van der Waals surface area contributed by atoms with Gasteiger partial charge < -0.3 is 9.30 Å². The summed E-state index contributed by atoms with van der Waals surface area (Å²) >= 11 is 1.81. The Morgan fingerprint density at radius 1 is 1.42 bits per heavy atom. The molecule has 0 bridgehead atoms. The molecule has 0 radical (unpaired) electrons. The molecule has 0 aromatic carbocycles. The number of hydrogen-bond acceptors (Lipinski definition) is 3. The van der Waals surface area contributed by atoms with Gasteiger partial charge in [-0.05, 0) is 25.2 Å². The van der Waals surface area contributed by atoms with Gasteiger partial charge in [0, 0.05) is 24.7 Å². The zero-order chi connectivity index (χ0) is 13.5. The molecule has 1 heterocycles. The summed E-state index contributed by atoms with van der Waals surface area (Å²) in [6.45, 7) is 6.43. The average Bonchev–Trinajstić information content (AvgIpc) is 2.85. The summed E-state index contributed by atoms with van der Waals surface area (Å²) in [6.07, 6.45) is 10.9. The minimum atomic E-state index is 0.490. The lowest BCUT2D eigenvalue weighted by atomic mass is 9.88. The first-order valence-corrected chi connectivity index (χ1v) is 8.55. The minimum Gasteiger partial charge on any atom is -0.377 e. The molecule has 0 aliphatic heterocycles. The predicted octanol–water partition coefficient (Wildman–Crippen LogP) is 3.98. The second-order valence-electron chi connectivity index (χ2n) is 5.42. The molecular formula is C15H26N2OS. The van der Waals surface area contributed by atoms with Gasteiger partial charge in [0.15, 0.2) is 5.16 Å². The van der Waals surface area contributed by atoms with E-state index in [0.29, 0.717) is 6.10 Å². The highest BCUT2D eigenvalue weighted by Gasteiger charge is 2.21. The number of imidazole rings is 1. The summed E-state index contributed by atoms with van der Waals surface area (Å²) in [5.41, 5.74) is 0.